The first-order chi connectivity index (χ1) is 12.2. The van der Waals surface area contributed by atoms with Gasteiger partial charge in [-0.05, 0) is 76.1 Å². The Morgan fingerprint density at radius 2 is 1.84 bits per heavy atom. The van der Waals surface area contributed by atoms with Crippen LogP contribution < -0.4 is 5.73 Å². The van der Waals surface area contributed by atoms with Crippen molar-refractivity contribution in [3.8, 4) is 0 Å². The maximum absolute atomic E-state index is 6.03. The first kappa shape index (κ1) is 18.2. The Bertz CT molecular complexity index is 530. The van der Waals surface area contributed by atoms with Crippen LogP contribution in [-0.2, 0) is 6.42 Å². The highest BCUT2D eigenvalue weighted by Crippen LogP contribution is 2.25. The Morgan fingerprint density at radius 1 is 1.12 bits per heavy atom. The summed E-state index contributed by atoms with van der Waals surface area (Å²) in [6.45, 7) is 4.60. The third kappa shape index (κ3) is 6.03. The van der Waals surface area contributed by atoms with Gasteiger partial charge in [-0.15, -0.1) is 0 Å². The summed E-state index contributed by atoms with van der Waals surface area (Å²) in [6, 6.07) is 11.6. The molecule has 3 rings (SSSR count). The molecule has 1 heterocycles. The zero-order valence-corrected chi connectivity index (χ0v) is 15.7. The quantitative estimate of drug-likeness (QED) is 0.448. The molecule has 1 saturated carbocycles. The number of hydrogen-bond donors (Lipinski definition) is 1. The van der Waals surface area contributed by atoms with Crippen molar-refractivity contribution in [2.45, 2.75) is 51.0 Å². The number of benzene rings is 1. The Balaban J connectivity index is 1.26. The molecule has 1 aliphatic carbocycles. The zero-order valence-electron chi connectivity index (χ0n) is 15.7. The highest BCUT2D eigenvalue weighted by atomic mass is 15.3. The highest BCUT2D eigenvalue weighted by Gasteiger charge is 2.27. The van der Waals surface area contributed by atoms with Crippen LogP contribution in [0.4, 0.5) is 0 Å². The normalized spacial score (nSPS) is 20.0. The van der Waals surface area contributed by atoms with Crippen LogP contribution in [0.1, 0.15) is 44.1 Å². The van der Waals surface area contributed by atoms with Gasteiger partial charge in [-0.25, -0.2) is 0 Å². The molecule has 0 atom stereocenters. The predicted molar refractivity (Wildman–Crippen MR) is 106 cm³/mol. The van der Waals surface area contributed by atoms with Crippen molar-refractivity contribution in [2.75, 3.05) is 33.2 Å². The minimum Gasteiger partial charge on any atom is -0.370 e. The third-order valence-corrected chi connectivity index (χ3v) is 5.69. The summed E-state index contributed by atoms with van der Waals surface area (Å²) in [5, 5.41) is 0. The van der Waals surface area contributed by atoms with Crippen molar-refractivity contribution >= 4 is 5.96 Å². The first-order valence-corrected chi connectivity index (χ1v) is 10.0. The molecule has 4 nitrogen and oxygen atoms in total. The van der Waals surface area contributed by atoms with Crippen LogP contribution in [0, 0.1) is 5.92 Å². The fourth-order valence-electron chi connectivity index (χ4n) is 3.76. The number of nitrogens with zero attached hydrogens (tertiary/aromatic N) is 3. The van der Waals surface area contributed by atoms with Crippen molar-refractivity contribution in [1.29, 1.82) is 0 Å². The molecule has 2 N–H and O–H groups in total. The topological polar surface area (TPSA) is 44.9 Å². The Hall–Kier alpha value is -1.55. The summed E-state index contributed by atoms with van der Waals surface area (Å²) in [6.07, 6.45) is 8.84. The van der Waals surface area contributed by atoms with E-state index in [9.17, 15) is 0 Å². The Morgan fingerprint density at radius 3 is 2.52 bits per heavy atom. The first-order valence-electron chi connectivity index (χ1n) is 10.0. The summed E-state index contributed by atoms with van der Waals surface area (Å²) in [7, 11) is 2.07. The lowest BCUT2D eigenvalue weighted by molar-refractivity contribution is 0.181. The van der Waals surface area contributed by atoms with Crippen LogP contribution in [0.25, 0.3) is 0 Å². The monoisotopic (exact) mass is 342 g/mol. The van der Waals surface area contributed by atoms with E-state index in [2.05, 4.69) is 52.2 Å². The summed E-state index contributed by atoms with van der Waals surface area (Å²) >= 11 is 0. The average Bonchev–Trinajstić information content (AvgIpc) is 3.48. The van der Waals surface area contributed by atoms with Crippen LogP contribution in [0.3, 0.4) is 0 Å². The molecule has 0 bridgehead atoms. The molecule has 0 spiro atoms. The lowest BCUT2D eigenvalue weighted by Gasteiger charge is -2.32. The van der Waals surface area contributed by atoms with E-state index in [1.807, 2.05) is 0 Å². The van der Waals surface area contributed by atoms with E-state index in [4.69, 9.17) is 5.73 Å². The summed E-state index contributed by atoms with van der Waals surface area (Å²) in [4.78, 5) is 9.29. The van der Waals surface area contributed by atoms with Gasteiger partial charge in [-0.2, -0.15) is 0 Å². The van der Waals surface area contributed by atoms with E-state index < -0.39 is 0 Å². The van der Waals surface area contributed by atoms with Crippen molar-refractivity contribution < 1.29 is 0 Å². The second-order valence-electron chi connectivity index (χ2n) is 7.76. The maximum Gasteiger partial charge on any atom is 0.191 e. The molecule has 4 heteroatoms. The van der Waals surface area contributed by atoms with Crippen molar-refractivity contribution in [2.24, 2.45) is 16.6 Å². The second-order valence-corrected chi connectivity index (χ2v) is 7.76. The number of nitrogens with two attached hydrogens (primary N) is 1. The van der Waals surface area contributed by atoms with Gasteiger partial charge in [-0.1, -0.05) is 30.3 Å². The molecule has 1 aromatic rings. The molecule has 138 valence electrons. The lowest BCUT2D eigenvalue weighted by atomic mass is 9.90. The number of unbranched alkanes of at least 4 members (excludes halogenated alkanes) is 1. The van der Waals surface area contributed by atoms with E-state index in [-0.39, 0.29) is 0 Å². The molecular weight excluding hydrogens is 308 g/mol. The van der Waals surface area contributed by atoms with Crippen LogP contribution in [0.5, 0.6) is 0 Å². The van der Waals surface area contributed by atoms with Gasteiger partial charge >= 0.3 is 0 Å². The minimum atomic E-state index is 0.654. The number of piperidine rings is 1. The molecule has 1 aromatic carbocycles. The van der Waals surface area contributed by atoms with E-state index in [0.717, 1.165) is 24.8 Å². The lowest BCUT2D eigenvalue weighted by Crippen LogP contribution is -2.36. The molecule has 2 fully saturated rings. The predicted octanol–water partition coefficient (Wildman–Crippen LogP) is 3.13. The average molecular weight is 343 g/mol. The third-order valence-electron chi connectivity index (χ3n) is 5.69. The molecule has 1 saturated heterocycles. The summed E-state index contributed by atoms with van der Waals surface area (Å²) < 4.78 is 0. The molecular formula is C21H34N4. The van der Waals surface area contributed by atoms with Crippen LogP contribution in [0.15, 0.2) is 35.3 Å². The Kier molecular flexibility index (Phi) is 6.74. The fraction of sp³-hybridized carbons (Fsp3) is 0.667. The summed E-state index contributed by atoms with van der Waals surface area (Å²) in [5.74, 6) is 1.59. The maximum atomic E-state index is 6.03. The van der Waals surface area contributed by atoms with Gasteiger partial charge in [0.25, 0.3) is 0 Å². The van der Waals surface area contributed by atoms with Gasteiger partial charge in [-0.3, -0.25) is 4.99 Å². The number of aliphatic imine (C=N–C) groups is 1. The van der Waals surface area contributed by atoms with E-state index >= 15 is 0 Å². The van der Waals surface area contributed by atoms with E-state index in [0.29, 0.717) is 6.04 Å². The Labute approximate surface area is 153 Å². The molecule has 0 aromatic heterocycles. The van der Waals surface area contributed by atoms with E-state index in [1.165, 1.54) is 63.7 Å². The standard InChI is InChI=1S/C21H34N4/c1-24(20-9-10-20)21(22)23-13-5-6-14-25-15-11-19(12-16-25)17-18-7-3-2-4-8-18/h2-4,7-8,19-20H,5-6,9-17H2,1H3,(H2,22,23). The molecule has 0 radical (unpaired) electrons. The number of guanidine groups is 1. The molecule has 1 aliphatic heterocycles. The smallest absolute Gasteiger partial charge is 0.191 e. The van der Waals surface area contributed by atoms with Crippen LogP contribution >= 0.6 is 0 Å². The van der Waals surface area contributed by atoms with Gasteiger partial charge < -0.3 is 15.5 Å². The van der Waals surface area contributed by atoms with Crippen LogP contribution in [-0.4, -0.2) is 55.0 Å². The van der Waals surface area contributed by atoms with Crippen molar-refractivity contribution in [3.63, 3.8) is 0 Å². The van der Waals surface area contributed by atoms with Gasteiger partial charge in [0.1, 0.15) is 0 Å². The second kappa shape index (κ2) is 9.23. The molecule has 2 aliphatic rings. The van der Waals surface area contributed by atoms with Crippen molar-refractivity contribution in [1.82, 2.24) is 9.80 Å². The SMILES string of the molecule is CN(C(N)=NCCCCN1CCC(Cc2ccccc2)CC1)C1CC1. The van der Waals surface area contributed by atoms with Crippen LogP contribution in [0.2, 0.25) is 0 Å². The number of hydrogen-bond acceptors (Lipinski definition) is 2. The molecule has 0 unspecified atom stereocenters. The minimum absolute atomic E-state index is 0.654. The van der Waals surface area contributed by atoms with Gasteiger partial charge in [0.05, 0.1) is 0 Å². The largest absolute Gasteiger partial charge is 0.370 e. The fourth-order valence-corrected chi connectivity index (χ4v) is 3.76. The zero-order chi connectivity index (χ0) is 17.5. The van der Waals surface area contributed by atoms with Gasteiger partial charge in [0.15, 0.2) is 5.96 Å². The van der Waals surface area contributed by atoms with Crippen molar-refractivity contribution in [3.05, 3.63) is 35.9 Å². The summed E-state index contributed by atoms with van der Waals surface area (Å²) in [5.41, 5.74) is 7.52. The molecule has 0 amide bonds. The highest BCUT2D eigenvalue weighted by molar-refractivity contribution is 5.78. The number of likely N-dealkylation sites (tertiary alicyclic amines) is 1. The molecule has 25 heavy (non-hydrogen) atoms. The van der Waals surface area contributed by atoms with E-state index in [1.54, 1.807) is 0 Å². The number of rotatable bonds is 8. The van der Waals surface area contributed by atoms with Gasteiger partial charge in [0, 0.05) is 19.6 Å². The van der Waals surface area contributed by atoms with Gasteiger partial charge in [0.2, 0.25) is 0 Å².